The minimum Gasteiger partial charge on any atom is -0.428 e. The van der Waals surface area contributed by atoms with Gasteiger partial charge >= 0.3 is 8.56 Å². The first-order chi connectivity index (χ1) is 8.61. The zero-order valence-electron chi connectivity index (χ0n) is 12.4. The number of rotatable bonds is 9. The van der Waals surface area contributed by atoms with Crippen LogP contribution in [0.25, 0.3) is 0 Å². The van der Waals surface area contributed by atoms with Crippen LogP contribution in [0.15, 0.2) is 0 Å². The highest BCUT2D eigenvalue weighted by Gasteiger charge is 2.28. The van der Waals surface area contributed by atoms with Gasteiger partial charge in [0.25, 0.3) is 0 Å². The number of hydrogen-bond acceptors (Lipinski definition) is 5. The van der Waals surface area contributed by atoms with E-state index in [0.717, 1.165) is 49.4 Å². The summed E-state index contributed by atoms with van der Waals surface area (Å²) in [5.41, 5.74) is 0. The normalized spacial score (nSPS) is 18.3. The fourth-order valence-corrected chi connectivity index (χ4v) is 2.52. The first-order valence-electron chi connectivity index (χ1n) is 6.40. The fraction of sp³-hybridized carbons (Fsp3) is 1.00. The minimum atomic E-state index is -1.87. The molecule has 1 heterocycles. The molecular weight excluding hydrogens is 268 g/mol. The average Bonchev–Trinajstić information content (AvgIpc) is 3.22. The van der Waals surface area contributed by atoms with Crippen molar-refractivity contribution in [1.82, 2.24) is 0 Å². The van der Waals surface area contributed by atoms with Gasteiger partial charge in [-0.1, -0.05) is 0 Å². The van der Waals surface area contributed by atoms with Crippen molar-refractivity contribution in [3.8, 4) is 0 Å². The topological polar surface area (TPSA) is 49.5 Å². The molecule has 0 aromatic rings. The van der Waals surface area contributed by atoms with Gasteiger partial charge in [-0.3, -0.25) is 0 Å². The van der Waals surface area contributed by atoms with Crippen molar-refractivity contribution >= 4 is 19.0 Å². The summed E-state index contributed by atoms with van der Waals surface area (Å²) >= 11 is 0. The van der Waals surface area contributed by atoms with Crippen LogP contribution in [0.5, 0.6) is 0 Å². The molecule has 0 spiro atoms. The molecule has 0 radical (unpaired) electrons. The van der Waals surface area contributed by atoms with E-state index in [9.17, 15) is 0 Å². The zero-order valence-corrected chi connectivity index (χ0v) is 15.4. The van der Waals surface area contributed by atoms with Crippen LogP contribution in [-0.2, 0) is 22.8 Å². The SMILES string of the molecule is CCO[SiH3].CO[Si](C)(CCCOCC1CO1)OC. The van der Waals surface area contributed by atoms with Crippen molar-refractivity contribution in [2.75, 3.05) is 40.6 Å². The Labute approximate surface area is 115 Å². The summed E-state index contributed by atoms with van der Waals surface area (Å²) in [4.78, 5) is 0. The van der Waals surface area contributed by atoms with Crippen LogP contribution in [-0.4, -0.2) is 65.8 Å². The second-order valence-electron chi connectivity index (χ2n) is 4.25. The van der Waals surface area contributed by atoms with Gasteiger partial charge in [-0.15, -0.1) is 0 Å². The zero-order chi connectivity index (χ0) is 13.9. The summed E-state index contributed by atoms with van der Waals surface area (Å²) in [5.74, 6) is 0. The third kappa shape index (κ3) is 10.2. The molecule has 0 N–H and O–H groups in total. The molecule has 7 heteroatoms. The lowest BCUT2D eigenvalue weighted by Crippen LogP contribution is -2.36. The summed E-state index contributed by atoms with van der Waals surface area (Å²) in [6, 6.07) is 0.978. The molecule has 0 saturated carbocycles. The van der Waals surface area contributed by atoms with E-state index in [2.05, 4.69) is 11.0 Å². The van der Waals surface area contributed by atoms with E-state index in [4.69, 9.17) is 18.3 Å². The van der Waals surface area contributed by atoms with Crippen LogP contribution < -0.4 is 0 Å². The van der Waals surface area contributed by atoms with Crippen LogP contribution in [0.3, 0.4) is 0 Å². The van der Waals surface area contributed by atoms with Crippen LogP contribution in [0.4, 0.5) is 0 Å². The van der Waals surface area contributed by atoms with Crippen LogP contribution in [0.1, 0.15) is 13.3 Å². The summed E-state index contributed by atoms with van der Waals surface area (Å²) in [5, 5.41) is 0. The van der Waals surface area contributed by atoms with E-state index >= 15 is 0 Å². The largest absolute Gasteiger partial charge is 0.428 e. The molecule has 1 fully saturated rings. The first-order valence-corrected chi connectivity index (χ1v) is 9.74. The molecule has 5 nitrogen and oxygen atoms in total. The minimum absolute atomic E-state index is 0.364. The summed E-state index contributed by atoms with van der Waals surface area (Å²) in [6.07, 6.45) is 1.36. The lowest BCUT2D eigenvalue weighted by Gasteiger charge is -2.22. The van der Waals surface area contributed by atoms with Gasteiger partial charge in [0.05, 0.1) is 13.2 Å². The Morgan fingerprint density at radius 2 is 1.89 bits per heavy atom. The third-order valence-corrected chi connectivity index (χ3v) is 6.34. The van der Waals surface area contributed by atoms with Crippen LogP contribution in [0.2, 0.25) is 12.6 Å². The Hall–Kier alpha value is 0.234. The summed E-state index contributed by atoms with van der Waals surface area (Å²) in [7, 11) is 2.45. The van der Waals surface area contributed by atoms with Crippen molar-refractivity contribution in [2.24, 2.45) is 0 Å². The van der Waals surface area contributed by atoms with Crippen LogP contribution in [0, 0.1) is 0 Å². The molecule has 1 aliphatic heterocycles. The van der Waals surface area contributed by atoms with Crippen molar-refractivity contribution in [2.45, 2.75) is 32.0 Å². The van der Waals surface area contributed by atoms with E-state index in [1.54, 1.807) is 14.2 Å². The Bertz CT molecular complexity index is 184. The van der Waals surface area contributed by atoms with Gasteiger partial charge in [-0.05, 0) is 25.9 Å². The van der Waals surface area contributed by atoms with Gasteiger partial charge in [0.15, 0.2) is 0 Å². The molecule has 1 rings (SSSR count). The molecule has 0 aromatic carbocycles. The van der Waals surface area contributed by atoms with E-state index in [1.165, 1.54) is 0 Å². The predicted octanol–water partition coefficient (Wildman–Crippen LogP) is 0.460. The number of epoxide rings is 1. The van der Waals surface area contributed by atoms with Crippen LogP contribution >= 0.6 is 0 Å². The lowest BCUT2D eigenvalue weighted by molar-refractivity contribution is 0.114. The molecule has 0 bridgehead atoms. The molecule has 1 atom stereocenters. The number of ether oxygens (including phenoxy) is 2. The highest BCUT2D eigenvalue weighted by atomic mass is 28.4. The first kappa shape index (κ1) is 18.2. The van der Waals surface area contributed by atoms with Gasteiger partial charge in [0.1, 0.15) is 16.6 Å². The fourth-order valence-electron chi connectivity index (χ4n) is 1.16. The van der Waals surface area contributed by atoms with Crippen molar-refractivity contribution in [3.63, 3.8) is 0 Å². The maximum atomic E-state index is 5.43. The predicted molar refractivity (Wildman–Crippen MR) is 77.2 cm³/mol. The molecular formula is C11H28O5Si2. The van der Waals surface area contributed by atoms with Gasteiger partial charge < -0.3 is 22.8 Å². The maximum absolute atomic E-state index is 5.43. The molecule has 0 aliphatic carbocycles. The molecule has 0 aromatic heterocycles. The smallest absolute Gasteiger partial charge is 0.334 e. The van der Waals surface area contributed by atoms with E-state index < -0.39 is 8.56 Å². The van der Waals surface area contributed by atoms with E-state index in [-0.39, 0.29) is 0 Å². The van der Waals surface area contributed by atoms with Gasteiger partial charge in [-0.2, -0.15) is 0 Å². The maximum Gasteiger partial charge on any atom is 0.334 e. The Kier molecular flexibility index (Phi) is 11.2. The lowest BCUT2D eigenvalue weighted by atomic mass is 10.5. The van der Waals surface area contributed by atoms with Crippen molar-refractivity contribution in [1.29, 1.82) is 0 Å². The summed E-state index contributed by atoms with van der Waals surface area (Å²) in [6.45, 7) is 7.31. The Morgan fingerprint density at radius 1 is 1.33 bits per heavy atom. The number of hydrogen-bond donors (Lipinski definition) is 0. The molecule has 0 amide bonds. The van der Waals surface area contributed by atoms with Crippen molar-refractivity contribution in [3.05, 3.63) is 0 Å². The molecule has 1 aliphatic rings. The molecule has 18 heavy (non-hydrogen) atoms. The second-order valence-corrected chi connectivity index (χ2v) is 8.41. The Balaban J connectivity index is 0.000000631. The average molecular weight is 297 g/mol. The van der Waals surface area contributed by atoms with E-state index in [0.29, 0.717) is 6.10 Å². The highest BCUT2D eigenvalue weighted by molar-refractivity contribution is 6.65. The standard InChI is InChI=1S/C9H20O4Si.C2H8OSi/c1-10-14(3,11-2)6-4-5-12-7-9-8-13-9;1-2-3-4/h9H,4-8H2,1-3H3;2H2,1,4H3. The van der Waals surface area contributed by atoms with Crippen molar-refractivity contribution < 1.29 is 22.8 Å². The van der Waals surface area contributed by atoms with Gasteiger partial charge in [0, 0.05) is 27.4 Å². The molecule has 1 saturated heterocycles. The van der Waals surface area contributed by atoms with Gasteiger partial charge in [0.2, 0.25) is 0 Å². The second kappa shape index (κ2) is 11.1. The monoisotopic (exact) mass is 296 g/mol. The quantitative estimate of drug-likeness (QED) is 0.351. The van der Waals surface area contributed by atoms with Gasteiger partial charge in [-0.25, -0.2) is 0 Å². The highest BCUT2D eigenvalue weighted by Crippen LogP contribution is 2.14. The summed E-state index contributed by atoms with van der Waals surface area (Å²) < 4.78 is 25.9. The molecule has 110 valence electrons. The third-order valence-electron chi connectivity index (χ3n) is 2.78. The molecule has 1 unspecified atom stereocenters. The Morgan fingerprint density at radius 3 is 2.28 bits per heavy atom. The van der Waals surface area contributed by atoms with E-state index in [1.807, 2.05) is 6.92 Å².